The van der Waals surface area contributed by atoms with Gasteiger partial charge in [0.1, 0.15) is 0 Å². The number of carbonyl (C=O) groups excluding carboxylic acids is 2. The first kappa shape index (κ1) is 16.5. The summed E-state index contributed by atoms with van der Waals surface area (Å²) < 4.78 is 10.7. The Kier molecular flexibility index (Phi) is 4.05. The average Bonchev–Trinajstić information content (AvgIpc) is 3.09. The third-order valence-electron chi connectivity index (χ3n) is 4.44. The van der Waals surface area contributed by atoms with Crippen LogP contribution < -0.4 is 20.1 Å². The Morgan fingerprint density at radius 2 is 1.85 bits per heavy atom. The van der Waals surface area contributed by atoms with Crippen molar-refractivity contribution in [3.05, 3.63) is 70.9 Å². The molecule has 26 heavy (non-hydrogen) atoms. The van der Waals surface area contributed by atoms with E-state index in [0.717, 1.165) is 5.56 Å². The largest absolute Gasteiger partial charge is 0.454 e. The van der Waals surface area contributed by atoms with E-state index in [0.29, 0.717) is 27.8 Å². The van der Waals surface area contributed by atoms with E-state index in [2.05, 4.69) is 17.2 Å². The maximum atomic E-state index is 13.1. The lowest BCUT2D eigenvalue weighted by Crippen LogP contribution is -2.50. The molecule has 0 unspecified atom stereocenters. The Morgan fingerprint density at radius 1 is 1.12 bits per heavy atom. The summed E-state index contributed by atoms with van der Waals surface area (Å²) in [5.74, 6) is 0.378. The maximum Gasteiger partial charge on any atom is 0.319 e. The molecule has 1 saturated heterocycles. The minimum absolute atomic E-state index is 0.150. The van der Waals surface area contributed by atoms with Crippen molar-refractivity contribution in [1.29, 1.82) is 0 Å². The fourth-order valence-corrected chi connectivity index (χ4v) is 3.30. The highest BCUT2D eigenvalue weighted by atomic mass is 35.5. The second-order valence-corrected chi connectivity index (χ2v) is 6.50. The van der Waals surface area contributed by atoms with Gasteiger partial charge in [0.2, 0.25) is 6.79 Å². The van der Waals surface area contributed by atoms with Gasteiger partial charge in [-0.05, 0) is 42.0 Å². The monoisotopic (exact) mass is 370 g/mol. The molecule has 0 radical (unpaired) electrons. The quantitative estimate of drug-likeness (QED) is 0.811. The number of nitrogens with one attached hydrogen (secondary N) is 2. The third-order valence-corrected chi connectivity index (χ3v) is 4.69. The van der Waals surface area contributed by atoms with E-state index in [1.807, 2.05) is 0 Å². The van der Waals surface area contributed by atoms with Crippen LogP contribution in [0.1, 0.15) is 22.0 Å². The molecule has 0 aliphatic carbocycles. The summed E-state index contributed by atoms with van der Waals surface area (Å²) in [5.41, 5.74) is 1.57. The van der Waals surface area contributed by atoms with E-state index in [-0.39, 0.29) is 12.6 Å². The van der Waals surface area contributed by atoms with Gasteiger partial charge in [0, 0.05) is 16.3 Å². The van der Waals surface area contributed by atoms with Crippen LogP contribution in [0.4, 0.5) is 4.79 Å². The Balaban J connectivity index is 1.72. The van der Waals surface area contributed by atoms with Crippen LogP contribution in [0.5, 0.6) is 11.5 Å². The zero-order chi connectivity index (χ0) is 18.3. The fraction of sp³-hybridized carbons (Fsp3) is 0.158. The number of benzene rings is 2. The van der Waals surface area contributed by atoms with Crippen LogP contribution in [0.3, 0.4) is 0 Å². The van der Waals surface area contributed by atoms with Crippen molar-refractivity contribution < 1.29 is 19.1 Å². The second-order valence-electron chi connectivity index (χ2n) is 6.06. The molecule has 0 bridgehead atoms. The summed E-state index contributed by atoms with van der Waals surface area (Å²) in [4.78, 5) is 25.1. The zero-order valence-electron chi connectivity index (χ0n) is 13.6. The van der Waals surface area contributed by atoms with Crippen molar-refractivity contribution in [2.24, 2.45) is 5.92 Å². The first-order valence-corrected chi connectivity index (χ1v) is 8.36. The summed E-state index contributed by atoms with van der Waals surface area (Å²) >= 11 is 5.90. The Bertz CT molecular complexity index is 910. The third kappa shape index (κ3) is 2.88. The van der Waals surface area contributed by atoms with Crippen LogP contribution in [0, 0.1) is 5.92 Å². The van der Waals surface area contributed by atoms with Gasteiger partial charge < -0.3 is 20.1 Å². The van der Waals surface area contributed by atoms with E-state index in [4.69, 9.17) is 21.1 Å². The van der Waals surface area contributed by atoms with Crippen molar-refractivity contribution in [1.82, 2.24) is 10.6 Å². The second kappa shape index (κ2) is 6.38. The minimum Gasteiger partial charge on any atom is -0.454 e. The van der Waals surface area contributed by atoms with Crippen LogP contribution in [-0.2, 0) is 0 Å². The molecule has 2 aromatic rings. The number of halogens is 1. The topological polar surface area (TPSA) is 76.7 Å². The van der Waals surface area contributed by atoms with Crippen LogP contribution >= 0.6 is 11.6 Å². The molecule has 0 saturated carbocycles. The van der Waals surface area contributed by atoms with Gasteiger partial charge in [0.05, 0.1) is 12.0 Å². The number of ketones is 1. The van der Waals surface area contributed by atoms with Crippen LogP contribution in [-0.4, -0.2) is 18.6 Å². The fourth-order valence-electron chi connectivity index (χ4n) is 3.17. The number of rotatable bonds is 3. The molecule has 2 aliphatic heterocycles. The van der Waals surface area contributed by atoms with Gasteiger partial charge in [-0.2, -0.15) is 0 Å². The lowest BCUT2D eigenvalue weighted by Gasteiger charge is -2.34. The lowest BCUT2D eigenvalue weighted by atomic mass is 9.83. The summed E-state index contributed by atoms with van der Waals surface area (Å²) in [5, 5.41) is 5.95. The number of carbonyl (C=O) groups is 2. The van der Waals surface area contributed by atoms with E-state index in [9.17, 15) is 9.59 Å². The summed E-state index contributed by atoms with van der Waals surface area (Å²) in [6.45, 7) is 4.03. The standard InChI is InChI=1S/C19H15ClN2O4/c1-10-16(18(23)11-2-5-13(20)6-3-11)17(22-19(24)21-10)12-4-7-14-15(8-12)26-9-25-14/h2-8,16-17H,1,9H2,(H2,21,22,24)/t16-,17-/m0/s1. The first-order chi connectivity index (χ1) is 12.5. The number of hydrogen-bond donors (Lipinski definition) is 2. The highest BCUT2D eigenvalue weighted by Crippen LogP contribution is 2.38. The number of hydrogen-bond acceptors (Lipinski definition) is 4. The van der Waals surface area contributed by atoms with Gasteiger partial charge in [-0.3, -0.25) is 4.79 Å². The predicted octanol–water partition coefficient (Wildman–Crippen LogP) is 3.44. The molecule has 1 fully saturated rings. The van der Waals surface area contributed by atoms with Crippen molar-refractivity contribution in [3.63, 3.8) is 0 Å². The molecule has 0 aromatic heterocycles. The zero-order valence-corrected chi connectivity index (χ0v) is 14.4. The first-order valence-electron chi connectivity index (χ1n) is 7.98. The maximum absolute atomic E-state index is 13.1. The number of fused-ring (bicyclic) bond motifs is 1. The average molecular weight is 371 g/mol. The molecular formula is C19H15ClN2O4. The Labute approximate surface area is 154 Å². The highest BCUT2D eigenvalue weighted by molar-refractivity contribution is 6.30. The van der Waals surface area contributed by atoms with Crippen molar-refractivity contribution in [2.75, 3.05) is 6.79 Å². The van der Waals surface area contributed by atoms with E-state index in [1.54, 1.807) is 42.5 Å². The molecule has 2 atom stereocenters. The van der Waals surface area contributed by atoms with E-state index >= 15 is 0 Å². The molecule has 7 heteroatoms. The summed E-state index contributed by atoms with van der Waals surface area (Å²) in [6.07, 6.45) is 0. The van der Waals surface area contributed by atoms with Gasteiger partial charge in [0.25, 0.3) is 0 Å². The number of ether oxygens (including phenoxy) is 2. The molecular weight excluding hydrogens is 356 g/mol. The molecule has 2 aromatic carbocycles. The number of Topliss-reactive ketones (excluding diaryl/α,β-unsaturated/α-hetero) is 1. The van der Waals surface area contributed by atoms with Crippen LogP contribution in [0.2, 0.25) is 5.02 Å². The molecule has 2 N–H and O–H groups in total. The summed E-state index contributed by atoms with van der Waals surface area (Å²) in [6, 6.07) is 11.0. The van der Waals surface area contributed by atoms with Gasteiger partial charge >= 0.3 is 6.03 Å². The predicted molar refractivity (Wildman–Crippen MR) is 95.4 cm³/mol. The van der Waals surface area contributed by atoms with Crippen molar-refractivity contribution in [3.8, 4) is 11.5 Å². The normalized spacial score (nSPS) is 21.1. The molecule has 2 heterocycles. The van der Waals surface area contributed by atoms with Crippen molar-refractivity contribution >= 4 is 23.4 Å². The van der Waals surface area contributed by atoms with Crippen LogP contribution in [0.15, 0.2) is 54.7 Å². The summed E-state index contributed by atoms with van der Waals surface area (Å²) in [7, 11) is 0. The minimum atomic E-state index is -0.672. The molecule has 132 valence electrons. The van der Waals surface area contributed by atoms with Crippen molar-refractivity contribution in [2.45, 2.75) is 6.04 Å². The molecule has 2 amide bonds. The SMILES string of the molecule is C=C1NC(=O)N[C@@H](c2ccc3c(c2)OCO3)[C@H]1C(=O)c1ccc(Cl)cc1. The van der Waals surface area contributed by atoms with Gasteiger partial charge in [0.15, 0.2) is 17.3 Å². The van der Waals surface area contributed by atoms with Crippen LogP contribution in [0.25, 0.3) is 0 Å². The Morgan fingerprint density at radius 3 is 2.62 bits per heavy atom. The van der Waals surface area contributed by atoms with Gasteiger partial charge in [-0.25, -0.2) is 4.79 Å². The highest BCUT2D eigenvalue weighted by Gasteiger charge is 2.38. The van der Waals surface area contributed by atoms with Gasteiger partial charge in [-0.1, -0.05) is 24.2 Å². The lowest BCUT2D eigenvalue weighted by molar-refractivity contribution is 0.0905. The number of amides is 2. The molecule has 0 spiro atoms. The van der Waals surface area contributed by atoms with E-state index in [1.165, 1.54) is 0 Å². The van der Waals surface area contributed by atoms with Gasteiger partial charge in [-0.15, -0.1) is 0 Å². The Hall–Kier alpha value is -2.99. The molecule has 6 nitrogen and oxygen atoms in total. The smallest absolute Gasteiger partial charge is 0.319 e. The molecule has 2 aliphatic rings. The number of urea groups is 1. The van der Waals surface area contributed by atoms with E-state index < -0.39 is 18.0 Å². The molecule has 4 rings (SSSR count).